The maximum absolute atomic E-state index is 14.6. The van der Waals surface area contributed by atoms with Gasteiger partial charge < -0.3 is 14.7 Å². The summed E-state index contributed by atoms with van der Waals surface area (Å²) < 4.78 is 14.6. The van der Waals surface area contributed by atoms with E-state index in [1.165, 1.54) is 12.1 Å². The smallest absolute Gasteiger partial charge is 0.259 e. The Balaban J connectivity index is 1.69. The van der Waals surface area contributed by atoms with Gasteiger partial charge in [-0.25, -0.2) is 4.39 Å². The minimum Gasteiger partial charge on any atom is -0.338 e. The highest BCUT2D eigenvalue weighted by Gasteiger charge is 2.25. The number of pyridine rings is 1. The van der Waals surface area contributed by atoms with Gasteiger partial charge in [-0.15, -0.1) is 0 Å². The number of halogens is 1. The number of rotatable bonds is 5. The van der Waals surface area contributed by atoms with Crippen LogP contribution >= 0.6 is 0 Å². The maximum Gasteiger partial charge on any atom is 0.259 e. The highest BCUT2D eigenvalue weighted by Crippen LogP contribution is 2.27. The molecule has 1 aliphatic rings. The van der Waals surface area contributed by atoms with Crippen LogP contribution < -0.4 is 4.90 Å². The Morgan fingerprint density at radius 3 is 2.41 bits per heavy atom. The first-order chi connectivity index (χ1) is 18.8. The summed E-state index contributed by atoms with van der Waals surface area (Å²) in [6.45, 7) is 10.4. The average Bonchev–Trinajstić information content (AvgIpc) is 2.91. The van der Waals surface area contributed by atoms with Crippen LogP contribution in [0.15, 0.2) is 67.0 Å². The van der Waals surface area contributed by atoms with Crippen LogP contribution in [0.5, 0.6) is 0 Å². The molecular weight excluding hydrogens is 491 g/mol. The molecule has 0 unspecified atom stereocenters. The lowest BCUT2D eigenvalue weighted by molar-refractivity contribution is -0.131. The molecular formula is C32H39FN4O2. The topological polar surface area (TPSA) is 56.8 Å². The molecule has 0 saturated heterocycles. The van der Waals surface area contributed by atoms with Crippen LogP contribution in [0.25, 0.3) is 0 Å². The maximum atomic E-state index is 14.6. The number of hydrogen-bond acceptors (Lipinski definition) is 4. The molecule has 2 aromatic carbocycles. The van der Waals surface area contributed by atoms with Gasteiger partial charge in [0, 0.05) is 44.3 Å². The Kier molecular flexibility index (Phi) is 9.82. The Labute approximate surface area is 231 Å². The van der Waals surface area contributed by atoms with Crippen molar-refractivity contribution in [3.05, 3.63) is 95.1 Å². The quantitative estimate of drug-likeness (QED) is 0.437. The number of aryl methyl sites for hydroxylation is 1. The number of fused-ring (bicyclic) bond motifs is 1. The third-order valence-electron chi connectivity index (χ3n) is 7.06. The third-order valence-corrected chi connectivity index (χ3v) is 7.06. The first kappa shape index (κ1) is 28.4. The van der Waals surface area contributed by atoms with E-state index in [1.807, 2.05) is 36.1 Å². The van der Waals surface area contributed by atoms with Crippen LogP contribution in [0.4, 0.5) is 10.1 Å². The molecule has 0 spiro atoms. The van der Waals surface area contributed by atoms with E-state index in [0.717, 1.165) is 43.6 Å². The lowest BCUT2D eigenvalue weighted by Crippen LogP contribution is -2.40. The van der Waals surface area contributed by atoms with Crippen molar-refractivity contribution < 1.29 is 14.0 Å². The van der Waals surface area contributed by atoms with Gasteiger partial charge in [-0.3, -0.25) is 14.6 Å². The molecule has 1 aliphatic heterocycles. The Hall–Kier alpha value is -3.58. The van der Waals surface area contributed by atoms with E-state index in [-0.39, 0.29) is 30.6 Å². The highest BCUT2D eigenvalue weighted by molar-refractivity contribution is 6.06. The zero-order valence-electron chi connectivity index (χ0n) is 23.3. The first-order valence-electron chi connectivity index (χ1n) is 13.9. The monoisotopic (exact) mass is 530 g/mol. The minimum atomic E-state index is -0.385. The fourth-order valence-corrected chi connectivity index (χ4v) is 5.16. The molecule has 0 fully saturated rings. The summed E-state index contributed by atoms with van der Waals surface area (Å²) in [6, 6.07) is 16.0. The lowest BCUT2D eigenvalue weighted by atomic mass is 10.1. The molecule has 2 heterocycles. The number of hydrogen-bond donors (Lipinski definition) is 0. The van der Waals surface area contributed by atoms with Crippen molar-refractivity contribution in [2.24, 2.45) is 5.92 Å². The zero-order valence-corrected chi connectivity index (χ0v) is 23.3. The Bertz CT molecular complexity index is 1250. The summed E-state index contributed by atoms with van der Waals surface area (Å²) in [6.07, 6.45) is 5.09. The van der Waals surface area contributed by atoms with E-state index in [4.69, 9.17) is 0 Å². The summed E-state index contributed by atoms with van der Waals surface area (Å²) in [5.41, 5.74) is 3.83. The average molecular weight is 531 g/mol. The Morgan fingerprint density at radius 1 is 0.974 bits per heavy atom. The largest absolute Gasteiger partial charge is 0.338 e. The van der Waals surface area contributed by atoms with Crippen molar-refractivity contribution in [2.45, 2.75) is 46.6 Å². The molecule has 206 valence electrons. The molecule has 0 atom stereocenters. The van der Waals surface area contributed by atoms with Gasteiger partial charge in [0.15, 0.2) is 0 Å². The second kappa shape index (κ2) is 13.5. The van der Waals surface area contributed by atoms with Gasteiger partial charge in [0.2, 0.25) is 5.91 Å². The molecule has 1 aromatic heterocycles. The molecule has 0 bridgehead atoms. The highest BCUT2D eigenvalue weighted by atomic mass is 19.1. The number of carbonyl (C=O) groups excluding carboxylic acids is 2. The standard InChI is InChI=1S/C32H39FN4O2/c1-24(2)22-35-15-5-17-36(31(38)19-26-10-8-25(3)9-11-26)23-28-20-29(33)12-13-30(28)37(18-6-16-35)32(39)27-7-4-14-34-21-27/h4,7-14,20-21,24H,5-6,15-19,22-23H2,1-3H3. The van der Waals surface area contributed by atoms with E-state index in [1.54, 1.807) is 35.5 Å². The van der Waals surface area contributed by atoms with Crippen molar-refractivity contribution in [3.8, 4) is 0 Å². The molecule has 39 heavy (non-hydrogen) atoms. The van der Waals surface area contributed by atoms with E-state index in [2.05, 4.69) is 23.7 Å². The molecule has 2 amide bonds. The number of nitrogens with zero attached hydrogens (tertiary/aromatic N) is 4. The summed E-state index contributed by atoms with van der Waals surface area (Å²) in [5.74, 6) is -0.0645. The molecule has 7 heteroatoms. The van der Waals surface area contributed by atoms with Crippen LogP contribution in [-0.2, 0) is 17.8 Å². The van der Waals surface area contributed by atoms with E-state index >= 15 is 0 Å². The third kappa shape index (κ3) is 7.96. The van der Waals surface area contributed by atoms with Crippen LogP contribution in [-0.4, -0.2) is 59.3 Å². The lowest BCUT2D eigenvalue weighted by Gasteiger charge is -2.32. The molecule has 0 aliphatic carbocycles. The van der Waals surface area contributed by atoms with Crippen LogP contribution in [0.1, 0.15) is 53.7 Å². The van der Waals surface area contributed by atoms with Gasteiger partial charge in [0.25, 0.3) is 5.91 Å². The predicted molar refractivity (Wildman–Crippen MR) is 153 cm³/mol. The van der Waals surface area contributed by atoms with E-state index < -0.39 is 0 Å². The van der Waals surface area contributed by atoms with Crippen molar-refractivity contribution in [1.29, 1.82) is 0 Å². The number of benzene rings is 2. The van der Waals surface area contributed by atoms with Crippen molar-refractivity contribution in [3.63, 3.8) is 0 Å². The van der Waals surface area contributed by atoms with Crippen molar-refractivity contribution in [2.75, 3.05) is 37.6 Å². The minimum absolute atomic E-state index is 0.00771. The second-order valence-electron chi connectivity index (χ2n) is 10.9. The second-order valence-corrected chi connectivity index (χ2v) is 10.9. The molecule has 4 rings (SSSR count). The zero-order chi connectivity index (χ0) is 27.8. The summed E-state index contributed by atoms with van der Waals surface area (Å²) in [7, 11) is 0. The molecule has 0 saturated carbocycles. The van der Waals surface area contributed by atoms with E-state index in [0.29, 0.717) is 35.8 Å². The number of carbonyl (C=O) groups is 2. The van der Waals surface area contributed by atoms with Gasteiger partial charge in [0.05, 0.1) is 12.0 Å². The summed E-state index contributed by atoms with van der Waals surface area (Å²) >= 11 is 0. The molecule has 3 aromatic rings. The van der Waals surface area contributed by atoms with Crippen LogP contribution in [0.2, 0.25) is 0 Å². The van der Waals surface area contributed by atoms with Gasteiger partial charge in [-0.05, 0) is 80.2 Å². The van der Waals surface area contributed by atoms with Gasteiger partial charge in [-0.1, -0.05) is 43.7 Å². The van der Waals surface area contributed by atoms with Crippen molar-refractivity contribution >= 4 is 17.5 Å². The van der Waals surface area contributed by atoms with Crippen molar-refractivity contribution in [1.82, 2.24) is 14.8 Å². The normalized spacial score (nSPS) is 15.4. The van der Waals surface area contributed by atoms with Crippen LogP contribution in [0, 0.1) is 18.7 Å². The summed E-state index contributed by atoms with van der Waals surface area (Å²) in [5, 5.41) is 0. The Morgan fingerprint density at radius 2 is 1.72 bits per heavy atom. The number of amides is 2. The molecule has 6 nitrogen and oxygen atoms in total. The fraction of sp³-hybridized carbons (Fsp3) is 0.406. The summed E-state index contributed by atoms with van der Waals surface area (Å²) in [4.78, 5) is 37.4. The molecule has 0 N–H and O–H groups in total. The van der Waals surface area contributed by atoms with Gasteiger partial charge in [0.1, 0.15) is 5.82 Å². The van der Waals surface area contributed by atoms with E-state index in [9.17, 15) is 14.0 Å². The number of aromatic nitrogens is 1. The van der Waals surface area contributed by atoms with Gasteiger partial charge in [-0.2, -0.15) is 0 Å². The molecule has 0 radical (unpaired) electrons. The predicted octanol–water partition coefficient (Wildman–Crippen LogP) is 5.50. The van der Waals surface area contributed by atoms with Crippen LogP contribution in [0.3, 0.4) is 0 Å². The first-order valence-corrected chi connectivity index (χ1v) is 13.9. The number of anilines is 1. The van der Waals surface area contributed by atoms with Gasteiger partial charge >= 0.3 is 0 Å². The fourth-order valence-electron chi connectivity index (χ4n) is 5.16. The SMILES string of the molecule is Cc1ccc(CC(=O)N2CCCN(CC(C)C)CCCN(C(=O)c3cccnc3)c3ccc(F)cc3C2)cc1.